The maximum atomic E-state index is 12.5. The fourth-order valence-electron chi connectivity index (χ4n) is 2.32. The van der Waals surface area contributed by atoms with Crippen molar-refractivity contribution < 1.29 is 14.0 Å². The molecule has 3 N–H and O–H groups in total. The number of rotatable bonds is 8. The molecule has 0 fully saturated rings. The molecule has 0 aliphatic carbocycles. The van der Waals surface area contributed by atoms with Gasteiger partial charge in [-0.15, -0.1) is 0 Å². The van der Waals surface area contributed by atoms with Crippen LogP contribution in [-0.4, -0.2) is 32.9 Å². The maximum absolute atomic E-state index is 12.5. The quantitative estimate of drug-likeness (QED) is 0.424. The molecule has 8 nitrogen and oxygen atoms in total. The Hall–Kier alpha value is -3.55. The largest absolute Gasteiger partial charge is 0.459 e. The number of nitrogens with one attached hydrogen (secondary N) is 3. The first-order valence-corrected chi connectivity index (χ1v) is 8.16. The van der Waals surface area contributed by atoms with Crippen LogP contribution in [0.15, 0.2) is 65.6 Å². The van der Waals surface area contributed by atoms with Crippen LogP contribution in [0.3, 0.4) is 0 Å². The summed E-state index contributed by atoms with van der Waals surface area (Å²) < 4.78 is 6.99. The molecular weight excluding hydrogens is 334 g/mol. The number of carbonyl (C=O) groups excluding carboxylic acids is 2. The SMILES string of the molecule is O=C(NCCCn1ccnc1)/C(=C/c1ccc[nH]1)NC(=O)c1ccco1. The van der Waals surface area contributed by atoms with Crippen molar-refractivity contribution in [3.05, 3.63) is 72.6 Å². The smallest absolute Gasteiger partial charge is 0.291 e. The van der Waals surface area contributed by atoms with Gasteiger partial charge in [0.15, 0.2) is 5.76 Å². The summed E-state index contributed by atoms with van der Waals surface area (Å²) in [4.78, 5) is 31.6. The molecule has 0 aliphatic heterocycles. The highest BCUT2D eigenvalue weighted by molar-refractivity contribution is 6.04. The van der Waals surface area contributed by atoms with E-state index in [4.69, 9.17) is 4.42 Å². The summed E-state index contributed by atoms with van der Waals surface area (Å²) in [5.74, 6) is -0.721. The molecule has 0 aliphatic rings. The lowest BCUT2D eigenvalue weighted by Gasteiger charge is -2.10. The van der Waals surface area contributed by atoms with Crippen LogP contribution in [0.4, 0.5) is 0 Å². The third-order valence-electron chi connectivity index (χ3n) is 3.60. The molecule has 3 aromatic heterocycles. The maximum Gasteiger partial charge on any atom is 0.291 e. The number of H-pyrrole nitrogens is 1. The minimum atomic E-state index is -0.485. The molecule has 0 bridgehead atoms. The number of furan rings is 1. The van der Waals surface area contributed by atoms with Gasteiger partial charge in [-0.2, -0.15) is 0 Å². The molecule has 0 aromatic carbocycles. The van der Waals surface area contributed by atoms with E-state index in [-0.39, 0.29) is 17.4 Å². The summed E-state index contributed by atoms with van der Waals surface area (Å²) in [6.45, 7) is 1.21. The second-order valence-corrected chi connectivity index (χ2v) is 5.52. The van der Waals surface area contributed by atoms with E-state index >= 15 is 0 Å². The molecule has 3 rings (SSSR count). The van der Waals surface area contributed by atoms with Crippen LogP contribution in [0.5, 0.6) is 0 Å². The van der Waals surface area contributed by atoms with E-state index < -0.39 is 5.91 Å². The Balaban J connectivity index is 1.60. The van der Waals surface area contributed by atoms with Crippen LogP contribution in [0, 0.1) is 0 Å². The Kier molecular flexibility index (Phi) is 5.66. The zero-order valence-electron chi connectivity index (χ0n) is 14.0. The lowest BCUT2D eigenvalue weighted by molar-refractivity contribution is -0.117. The van der Waals surface area contributed by atoms with Crippen LogP contribution in [0.25, 0.3) is 6.08 Å². The third-order valence-corrected chi connectivity index (χ3v) is 3.60. The van der Waals surface area contributed by atoms with Crippen molar-refractivity contribution in [2.75, 3.05) is 6.54 Å². The van der Waals surface area contributed by atoms with Crippen molar-refractivity contribution >= 4 is 17.9 Å². The van der Waals surface area contributed by atoms with E-state index in [1.807, 2.05) is 10.8 Å². The van der Waals surface area contributed by atoms with Crippen molar-refractivity contribution in [3.8, 4) is 0 Å². The minimum Gasteiger partial charge on any atom is -0.459 e. The summed E-state index contributed by atoms with van der Waals surface area (Å²) >= 11 is 0. The minimum absolute atomic E-state index is 0.135. The molecule has 2 amide bonds. The number of amides is 2. The first-order chi connectivity index (χ1) is 12.7. The molecule has 0 spiro atoms. The van der Waals surface area contributed by atoms with E-state index in [0.717, 1.165) is 13.0 Å². The van der Waals surface area contributed by atoms with Gasteiger partial charge in [0.05, 0.1) is 12.6 Å². The average Bonchev–Trinajstić information content (AvgIpc) is 3.41. The Morgan fingerprint density at radius 3 is 2.92 bits per heavy atom. The summed E-state index contributed by atoms with van der Waals surface area (Å²) in [7, 11) is 0. The van der Waals surface area contributed by atoms with E-state index in [1.54, 1.807) is 43.0 Å². The van der Waals surface area contributed by atoms with Crippen molar-refractivity contribution in [1.29, 1.82) is 0 Å². The Bertz CT molecular complexity index is 849. The van der Waals surface area contributed by atoms with Gasteiger partial charge in [-0.3, -0.25) is 9.59 Å². The number of hydrogen-bond donors (Lipinski definition) is 3. The molecule has 0 unspecified atom stereocenters. The fourth-order valence-corrected chi connectivity index (χ4v) is 2.32. The normalized spacial score (nSPS) is 11.3. The lowest BCUT2D eigenvalue weighted by Crippen LogP contribution is -2.35. The van der Waals surface area contributed by atoms with Gasteiger partial charge in [-0.05, 0) is 36.8 Å². The van der Waals surface area contributed by atoms with Gasteiger partial charge in [0.25, 0.3) is 11.8 Å². The Morgan fingerprint density at radius 1 is 1.31 bits per heavy atom. The Morgan fingerprint density at radius 2 is 2.23 bits per heavy atom. The highest BCUT2D eigenvalue weighted by atomic mass is 16.3. The molecule has 8 heteroatoms. The summed E-state index contributed by atoms with van der Waals surface area (Å²) in [5.41, 5.74) is 0.838. The fraction of sp³-hybridized carbons (Fsp3) is 0.167. The van der Waals surface area contributed by atoms with Gasteiger partial charge in [0.1, 0.15) is 5.70 Å². The van der Waals surface area contributed by atoms with E-state index in [0.29, 0.717) is 12.2 Å². The molecule has 0 atom stereocenters. The van der Waals surface area contributed by atoms with Gasteiger partial charge in [-0.1, -0.05) is 0 Å². The van der Waals surface area contributed by atoms with Crippen molar-refractivity contribution in [3.63, 3.8) is 0 Å². The van der Waals surface area contributed by atoms with Crippen LogP contribution in [0.2, 0.25) is 0 Å². The number of carbonyl (C=O) groups is 2. The highest BCUT2D eigenvalue weighted by Crippen LogP contribution is 2.06. The standard InChI is InChI=1S/C18H19N5O3/c24-17(21-7-3-9-23-10-8-19-13-23)15(12-14-4-1-6-20-14)22-18(25)16-5-2-11-26-16/h1-2,4-6,8,10-13,20H,3,7,9H2,(H,21,24)(H,22,25)/b15-12-. The van der Waals surface area contributed by atoms with Gasteiger partial charge >= 0.3 is 0 Å². The second-order valence-electron chi connectivity index (χ2n) is 5.52. The monoisotopic (exact) mass is 353 g/mol. The van der Waals surface area contributed by atoms with E-state index in [2.05, 4.69) is 20.6 Å². The second kappa shape index (κ2) is 8.52. The molecule has 3 heterocycles. The predicted molar refractivity (Wildman–Crippen MR) is 94.8 cm³/mol. The van der Waals surface area contributed by atoms with Gasteiger partial charge < -0.3 is 24.6 Å². The zero-order chi connectivity index (χ0) is 18.2. The van der Waals surface area contributed by atoms with E-state index in [9.17, 15) is 9.59 Å². The Labute approximate surface area is 149 Å². The molecule has 26 heavy (non-hydrogen) atoms. The molecule has 3 aromatic rings. The number of aromatic amines is 1. The molecule has 0 saturated carbocycles. The highest BCUT2D eigenvalue weighted by Gasteiger charge is 2.16. The summed E-state index contributed by atoms with van der Waals surface area (Å²) in [6.07, 6.45) is 10.8. The van der Waals surface area contributed by atoms with Crippen LogP contribution in [-0.2, 0) is 11.3 Å². The van der Waals surface area contributed by atoms with Gasteiger partial charge in [-0.25, -0.2) is 4.98 Å². The van der Waals surface area contributed by atoms with Crippen LogP contribution < -0.4 is 10.6 Å². The average molecular weight is 353 g/mol. The molecule has 0 saturated heterocycles. The van der Waals surface area contributed by atoms with E-state index in [1.165, 1.54) is 12.3 Å². The van der Waals surface area contributed by atoms with Crippen molar-refractivity contribution in [1.82, 2.24) is 25.2 Å². The molecule has 0 radical (unpaired) electrons. The molecule has 134 valence electrons. The number of nitrogens with zero attached hydrogens (tertiary/aromatic N) is 2. The van der Waals surface area contributed by atoms with Crippen LogP contribution >= 0.6 is 0 Å². The van der Waals surface area contributed by atoms with Gasteiger partial charge in [0, 0.05) is 37.4 Å². The first kappa shape index (κ1) is 17.3. The van der Waals surface area contributed by atoms with Crippen LogP contribution in [0.1, 0.15) is 22.7 Å². The summed E-state index contributed by atoms with van der Waals surface area (Å²) in [6, 6.07) is 6.75. The summed E-state index contributed by atoms with van der Waals surface area (Å²) in [5, 5.41) is 5.40. The van der Waals surface area contributed by atoms with Gasteiger partial charge in [0.2, 0.25) is 0 Å². The van der Waals surface area contributed by atoms with Crippen molar-refractivity contribution in [2.24, 2.45) is 0 Å². The number of aromatic nitrogens is 3. The third kappa shape index (κ3) is 4.73. The predicted octanol–water partition coefficient (Wildman–Crippen LogP) is 1.78. The zero-order valence-corrected chi connectivity index (χ0v) is 14.0. The number of hydrogen-bond acceptors (Lipinski definition) is 4. The topological polar surface area (TPSA) is 105 Å². The molecular formula is C18H19N5O3. The number of aryl methyl sites for hydroxylation is 1. The lowest BCUT2D eigenvalue weighted by atomic mass is 10.2. The number of imidazole rings is 1. The van der Waals surface area contributed by atoms with Crippen molar-refractivity contribution in [2.45, 2.75) is 13.0 Å². The first-order valence-electron chi connectivity index (χ1n) is 8.16.